The number of methoxy groups -OCH3 is 1. The molecule has 0 saturated carbocycles. The fraction of sp³-hybridized carbons (Fsp3) is 0.600. The average Bonchev–Trinajstić information content (AvgIpc) is 2.92. The molecular formula is C15H23FN2O. The number of nitrogens with two attached hydrogens (primary N) is 1. The van der Waals surface area contributed by atoms with Gasteiger partial charge in [-0.3, -0.25) is 4.90 Å². The van der Waals surface area contributed by atoms with Crippen LogP contribution in [0.2, 0.25) is 0 Å². The molecule has 1 aromatic rings. The fourth-order valence-electron chi connectivity index (χ4n) is 2.76. The van der Waals surface area contributed by atoms with E-state index in [-0.39, 0.29) is 17.4 Å². The Morgan fingerprint density at radius 3 is 2.47 bits per heavy atom. The highest BCUT2D eigenvalue weighted by atomic mass is 19.1. The summed E-state index contributed by atoms with van der Waals surface area (Å²) in [6.45, 7) is 6.26. The number of nitrogens with zero attached hydrogens (tertiary/aromatic N) is 1. The second-order valence-corrected chi connectivity index (χ2v) is 5.71. The normalized spacial score (nSPS) is 18.6. The van der Waals surface area contributed by atoms with Crippen molar-refractivity contribution in [2.75, 3.05) is 20.2 Å². The molecular weight excluding hydrogens is 243 g/mol. The molecule has 1 fully saturated rings. The van der Waals surface area contributed by atoms with Crippen molar-refractivity contribution in [3.63, 3.8) is 0 Å². The number of likely N-dealkylation sites (tertiary alicyclic amines) is 1. The van der Waals surface area contributed by atoms with Crippen LogP contribution in [-0.4, -0.2) is 30.6 Å². The Hall–Kier alpha value is -1.13. The third-order valence-electron chi connectivity index (χ3n) is 4.22. The molecule has 3 nitrogen and oxygen atoms in total. The number of hydrogen-bond acceptors (Lipinski definition) is 3. The summed E-state index contributed by atoms with van der Waals surface area (Å²) in [4.78, 5) is 2.35. The van der Waals surface area contributed by atoms with E-state index in [1.54, 1.807) is 12.1 Å². The molecule has 19 heavy (non-hydrogen) atoms. The molecule has 0 bridgehead atoms. The summed E-state index contributed by atoms with van der Waals surface area (Å²) in [6.07, 6.45) is 2.39. The van der Waals surface area contributed by atoms with Crippen LogP contribution in [0.4, 0.5) is 4.39 Å². The zero-order chi connectivity index (χ0) is 14.0. The number of rotatable bonds is 4. The van der Waals surface area contributed by atoms with Gasteiger partial charge in [0.2, 0.25) is 0 Å². The zero-order valence-corrected chi connectivity index (χ0v) is 11.9. The molecule has 1 heterocycles. The molecule has 0 aliphatic carbocycles. The third-order valence-corrected chi connectivity index (χ3v) is 4.22. The van der Waals surface area contributed by atoms with E-state index in [9.17, 15) is 4.39 Å². The van der Waals surface area contributed by atoms with Gasteiger partial charge in [-0.1, -0.05) is 6.07 Å². The Balaban J connectivity index is 2.25. The molecule has 0 aromatic heterocycles. The first-order chi connectivity index (χ1) is 8.96. The van der Waals surface area contributed by atoms with Crippen LogP contribution in [-0.2, 0) is 0 Å². The minimum Gasteiger partial charge on any atom is -0.497 e. The maximum atomic E-state index is 14.1. The summed E-state index contributed by atoms with van der Waals surface area (Å²) in [6, 6.07) is 4.54. The molecule has 1 atom stereocenters. The summed E-state index contributed by atoms with van der Waals surface area (Å²) in [5.74, 6) is 0.228. The van der Waals surface area contributed by atoms with E-state index in [1.807, 2.05) is 0 Å². The standard InChI is InChI=1S/C15H23FN2O/c1-15(2,18-8-4-5-9-18)14(17)12-7-6-11(19-3)10-13(12)16/h6-7,10,14H,4-5,8-9,17H2,1-3H3. The fourth-order valence-corrected chi connectivity index (χ4v) is 2.76. The Morgan fingerprint density at radius 1 is 1.32 bits per heavy atom. The van der Waals surface area contributed by atoms with Crippen LogP contribution < -0.4 is 10.5 Å². The van der Waals surface area contributed by atoms with Crippen molar-refractivity contribution in [1.29, 1.82) is 0 Å². The van der Waals surface area contributed by atoms with Crippen molar-refractivity contribution >= 4 is 0 Å². The summed E-state index contributed by atoms with van der Waals surface area (Å²) in [5, 5.41) is 0. The van der Waals surface area contributed by atoms with Crippen LogP contribution in [0.15, 0.2) is 18.2 Å². The van der Waals surface area contributed by atoms with Crippen LogP contribution >= 0.6 is 0 Å². The summed E-state index contributed by atoms with van der Waals surface area (Å²) in [5.41, 5.74) is 6.63. The number of hydrogen-bond donors (Lipinski definition) is 1. The Kier molecular flexibility index (Phi) is 4.11. The maximum absolute atomic E-state index is 14.1. The van der Waals surface area contributed by atoms with Crippen molar-refractivity contribution in [1.82, 2.24) is 4.90 Å². The molecule has 2 N–H and O–H groups in total. The van der Waals surface area contributed by atoms with E-state index in [2.05, 4.69) is 18.7 Å². The van der Waals surface area contributed by atoms with Gasteiger partial charge in [0.1, 0.15) is 11.6 Å². The smallest absolute Gasteiger partial charge is 0.131 e. The average molecular weight is 266 g/mol. The van der Waals surface area contributed by atoms with Gasteiger partial charge in [-0.15, -0.1) is 0 Å². The SMILES string of the molecule is COc1ccc(C(N)C(C)(C)N2CCCC2)c(F)c1. The van der Waals surface area contributed by atoms with Gasteiger partial charge in [0.15, 0.2) is 0 Å². The van der Waals surface area contributed by atoms with Crippen molar-refractivity contribution < 1.29 is 9.13 Å². The predicted octanol–water partition coefficient (Wildman–Crippen LogP) is 2.71. The first-order valence-electron chi connectivity index (χ1n) is 6.81. The van der Waals surface area contributed by atoms with Crippen molar-refractivity contribution in [3.05, 3.63) is 29.6 Å². The zero-order valence-electron chi connectivity index (χ0n) is 11.9. The predicted molar refractivity (Wildman–Crippen MR) is 74.8 cm³/mol. The van der Waals surface area contributed by atoms with E-state index < -0.39 is 0 Å². The maximum Gasteiger partial charge on any atom is 0.131 e. The quantitative estimate of drug-likeness (QED) is 0.910. The lowest BCUT2D eigenvalue weighted by Gasteiger charge is -2.40. The summed E-state index contributed by atoms with van der Waals surface area (Å²) >= 11 is 0. The van der Waals surface area contributed by atoms with E-state index in [4.69, 9.17) is 10.5 Å². The first-order valence-corrected chi connectivity index (χ1v) is 6.81. The summed E-state index contributed by atoms with van der Waals surface area (Å²) in [7, 11) is 1.53. The van der Waals surface area contributed by atoms with Crippen LogP contribution in [0.25, 0.3) is 0 Å². The second kappa shape index (κ2) is 5.47. The van der Waals surface area contributed by atoms with Gasteiger partial charge < -0.3 is 10.5 Å². The molecule has 1 saturated heterocycles. The highest BCUT2D eigenvalue weighted by Gasteiger charge is 2.36. The highest BCUT2D eigenvalue weighted by molar-refractivity contribution is 5.32. The van der Waals surface area contributed by atoms with Gasteiger partial charge in [-0.2, -0.15) is 0 Å². The monoisotopic (exact) mass is 266 g/mol. The number of ether oxygens (including phenoxy) is 1. The van der Waals surface area contributed by atoms with Crippen LogP contribution in [0.3, 0.4) is 0 Å². The molecule has 1 aliphatic heterocycles. The van der Waals surface area contributed by atoms with Gasteiger partial charge >= 0.3 is 0 Å². The summed E-state index contributed by atoms with van der Waals surface area (Å²) < 4.78 is 19.2. The lowest BCUT2D eigenvalue weighted by molar-refractivity contribution is 0.122. The second-order valence-electron chi connectivity index (χ2n) is 5.71. The third kappa shape index (κ3) is 2.74. The van der Waals surface area contributed by atoms with Crippen molar-refractivity contribution in [3.8, 4) is 5.75 Å². The van der Waals surface area contributed by atoms with Crippen LogP contribution in [0.1, 0.15) is 38.3 Å². The van der Waals surface area contributed by atoms with Crippen LogP contribution in [0, 0.1) is 5.82 Å². The van der Waals surface area contributed by atoms with Gasteiger partial charge in [-0.05, 0) is 45.8 Å². The first kappa shape index (κ1) is 14.3. The minimum atomic E-state index is -0.350. The van der Waals surface area contributed by atoms with Crippen molar-refractivity contribution in [2.45, 2.75) is 38.3 Å². The molecule has 106 valence electrons. The molecule has 1 aliphatic rings. The molecule has 1 unspecified atom stereocenters. The molecule has 0 radical (unpaired) electrons. The van der Waals surface area contributed by atoms with Gasteiger partial charge in [0.05, 0.1) is 13.2 Å². The minimum absolute atomic E-state index is 0.244. The van der Waals surface area contributed by atoms with Crippen LogP contribution in [0.5, 0.6) is 5.75 Å². The largest absolute Gasteiger partial charge is 0.497 e. The van der Waals surface area contributed by atoms with E-state index in [1.165, 1.54) is 26.0 Å². The molecule has 0 amide bonds. The Labute approximate surface area is 114 Å². The lowest BCUT2D eigenvalue weighted by Crippen LogP contribution is -2.50. The molecule has 1 aromatic carbocycles. The lowest BCUT2D eigenvalue weighted by atomic mass is 9.87. The van der Waals surface area contributed by atoms with E-state index in [0.29, 0.717) is 11.3 Å². The van der Waals surface area contributed by atoms with Gasteiger partial charge in [-0.25, -0.2) is 4.39 Å². The van der Waals surface area contributed by atoms with E-state index in [0.717, 1.165) is 13.1 Å². The van der Waals surface area contributed by atoms with E-state index >= 15 is 0 Å². The molecule has 4 heteroatoms. The highest BCUT2D eigenvalue weighted by Crippen LogP contribution is 2.33. The van der Waals surface area contributed by atoms with Gasteiger partial charge in [0, 0.05) is 17.2 Å². The topological polar surface area (TPSA) is 38.5 Å². The number of halogens is 1. The number of benzene rings is 1. The van der Waals surface area contributed by atoms with Crippen molar-refractivity contribution in [2.24, 2.45) is 5.73 Å². The molecule has 0 spiro atoms. The Morgan fingerprint density at radius 2 is 1.95 bits per heavy atom. The van der Waals surface area contributed by atoms with Gasteiger partial charge in [0.25, 0.3) is 0 Å². The molecule has 2 rings (SSSR count). The Bertz CT molecular complexity index is 442.